The van der Waals surface area contributed by atoms with Crippen LogP contribution in [0.3, 0.4) is 0 Å². The summed E-state index contributed by atoms with van der Waals surface area (Å²) in [4.78, 5) is 22.1. The van der Waals surface area contributed by atoms with Gasteiger partial charge in [-0.2, -0.15) is 0 Å². The Hall–Kier alpha value is -2.73. The lowest BCUT2D eigenvalue weighted by molar-refractivity contribution is 0.0744. The van der Waals surface area contributed by atoms with Gasteiger partial charge < -0.3 is 19.1 Å². The van der Waals surface area contributed by atoms with Crippen LogP contribution in [0.1, 0.15) is 24.2 Å². The fraction of sp³-hybridized carbons (Fsp3) is 0.364. The van der Waals surface area contributed by atoms with Crippen LogP contribution in [-0.2, 0) is 6.54 Å². The largest absolute Gasteiger partial charge is 0.493 e. The predicted octanol–water partition coefficient (Wildman–Crippen LogP) is 3.84. The van der Waals surface area contributed by atoms with Crippen LogP contribution < -0.4 is 9.64 Å². The van der Waals surface area contributed by atoms with Crippen molar-refractivity contribution < 1.29 is 9.53 Å². The summed E-state index contributed by atoms with van der Waals surface area (Å²) in [7, 11) is 0. The summed E-state index contributed by atoms with van der Waals surface area (Å²) in [5.74, 6) is 1.68. The van der Waals surface area contributed by atoms with Gasteiger partial charge in [0.05, 0.1) is 12.2 Å². The normalized spacial score (nSPS) is 14.0. The van der Waals surface area contributed by atoms with E-state index in [1.807, 2.05) is 60.6 Å². The standard InChI is InChI=1S/C22H26N4O2.ClH/c1-3-24-12-11-23-22(24)26-15-13-25(14-16-26)21(27)20-18-8-6-5-7-17(18)9-10-19(20)28-4-2;/h5-12H,3-4,13-16H2,1-2H3;1H. The van der Waals surface area contributed by atoms with Crippen molar-refractivity contribution in [3.63, 3.8) is 0 Å². The maximum Gasteiger partial charge on any atom is 0.258 e. The number of aryl methyl sites for hydroxylation is 1. The van der Waals surface area contributed by atoms with Crippen LogP contribution in [0.4, 0.5) is 5.95 Å². The van der Waals surface area contributed by atoms with Gasteiger partial charge in [-0.3, -0.25) is 4.79 Å². The summed E-state index contributed by atoms with van der Waals surface area (Å²) < 4.78 is 7.93. The first kappa shape index (κ1) is 21.0. The highest BCUT2D eigenvalue weighted by Gasteiger charge is 2.27. The molecule has 0 aliphatic carbocycles. The van der Waals surface area contributed by atoms with Crippen molar-refractivity contribution in [2.45, 2.75) is 20.4 Å². The monoisotopic (exact) mass is 414 g/mol. The second kappa shape index (κ2) is 9.18. The molecule has 6 nitrogen and oxygen atoms in total. The summed E-state index contributed by atoms with van der Waals surface area (Å²) in [6, 6.07) is 11.9. The van der Waals surface area contributed by atoms with Crippen LogP contribution >= 0.6 is 12.4 Å². The quantitative estimate of drug-likeness (QED) is 0.636. The van der Waals surface area contributed by atoms with Gasteiger partial charge in [0.25, 0.3) is 5.91 Å². The van der Waals surface area contributed by atoms with E-state index in [0.717, 1.165) is 36.4 Å². The SMILES string of the molecule is CCOc1ccc2ccccc2c1C(=O)N1CCN(c2nccn2CC)CC1.Cl. The van der Waals surface area contributed by atoms with E-state index in [0.29, 0.717) is 31.0 Å². The number of rotatable bonds is 5. The Morgan fingerprint density at radius 3 is 2.55 bits per heavy atom. The number of fused-ring (bicyclic) bond motifs is 1. The van der Waals surface area contributed by atoms with Gasteiger partial charge in [-0.25, -0.2) is 4.98 Å². The molecular weight excluding hydrogens is 388 g/mol. The van der Waals surface area contributed by atoms with Crippen LogP contribution in [0.25, 0.3) is 10.8 Å². The van der Waals surface area contributed by atoms with Gasteiger partial charge in [0, 0.05) is 45.1 Å². The molecule has 0 spiro atoms. The molecule has 0 atom stereocenters. The molecule has 1 aliphatic heterocycles. The molecule has 1 aliphatic rings. The molecule has 7 heteroatoms. The molecule has 1 saturated heterocycles. The smallest absolute Gasteiger partial charge is 0.258 e. The average Bonchev–Trinajstić information content (AvgIpc) is 3.22. The van der Waals surface area contributed by atoms with Crippen molar-refractivity contribution in [1.82, 2.24) is 14.5 Å². The summed E-state index contributed by atoms with van der Waals surface area (Å²) >= 11 is 0. The Labute approximate surface area is 177 Å². The van der Waals surface area contributed by atoms with Crippen LogP contribution in [0, 0.1) is 0 Å². The number of ether oxygens (including phenoxy) is 1. The van der Waals surface area contributed by atoms with Gasteiger partial charge in [-0.15, -0.1) is 12.4 Å². The van der Waals surface area contributed by atoms with E-state index in [1.165, 1.54) is 0 Å². The first-order valence-corrected chi connectivity index (χ1v) is 9.92. The molecule has 1 fully saturated rings. The lowest BCUT2D eigenvalue weighted by atomic mass is 10.0. The van der Waals surface area contributed by atoms with Gasteiger partial charge >= 0.3 is 0 Å². The van der Waals surface area contributed by atoms with E-state index in [2.05, 4.69) is 21.4 Å². The Balaban J connectivity index is 0.00000240. The highest BCUT2D eigenvalue weighted by atomic mass is 35.5. The summed E-state index contributed by atoms with van der Waals surface area (Å²) in [5, 5.41) is 2.00. The molecule has 0 bridgehead atoms. The van der Waals surface area contributed by atoms with E-state index >= 15 is 0 Å². The number of aromatic nitrogens is 2. The van der Waals surface area contributed by atoms with Crippen molar-refractivity contribution in [1.29, 1.82) is 0 Å². The number of carbonyl (C=O) groups is 1. The Bertz CT molecular complexity index is 980. The van der Waals surface area contributed by atoms with Crippen LogP contribution in [0.15, 0.2) is 48.8 Å². The molecule has 29 heavy (non-hydrogen) atoms. The number of halogens is 1. The molecule has 1 amide bonds. The highest BCUT2D eigenvalue weighted by Crippen LogP contribution is 2.30. The highest BCUT2D eigenvalue weighted by molar-refractivity contribution is 6.09. The molecule has 2 aromatic carbocycles. The van der Waals surface area contributed by atoms with E-state index in [4.69, 9.17) is 4.74 Å². The van der Waals surface area contributed by atoms with Crippen LogP contribution in [0.5, 0.6) is 5.75 Å². The zero-order chi connectivity index (χ0) is 19.5. The third-order valence-electron chi connectivity index (χ3n) is 5.29. The second-order valence-electron chi connectivity index (χ2n) is 6.89. The van der Waals surface area contributed by atoms with E-state index in [9.17, 15) is 4.79 Å². The third-order valence-corrected chi connectivity index (χ3v) is 5.29. The summed E-state index contributed by atoms with van der Waals surface area (Å²) in [6.45, 7) is 8.37. The fourth-order valence-electron chi connectivity index (χ4n) is 3.85. The van der Waals surface area contributed by atoms with Gasteiger partial charge in [-0.05, 0) is 30.7 Å². The van der Waals surface area contributed by atoms with E-state index in [-0.39, 0.29) is 18.3 Å². The fourth-order valence-corrected chi connectivity index (χ4v) is 3.85. The summed E-state index contributed by atoms with van der Waals surface area (Å²) in [5.41, 5.74) is 0.670. The molecule has 0 saturated carbocycles. The number of nitrogens with zero attached hydrogens (tertiary/aromatic N) is 4. The van der Waals surface area contributed by atoms with E-state index < -0.39 is 0 Å². The van der Waals surface area contributed by atoms with Crippen molar-refractivity contribution in [3.05, 3.63) is 54.4 Å². The zero-order valence-electron chi connectivity index (χ0n) is 16.9. The molecule has 1 aromatic heterocycles. The molecule has 3 aromatic rings. The topological polar surface area (TPSA) is 50.6 Å². The van der Waals surface area contributed by atoms with Crippen molar-refractivity contribution >= 4 is 35.0 Å². The third kappa shape index (κ3) is 4.03. The van der Waals surface area contributed by atoms with Gasteiger partial charge in [0.2, 0.25) is 5.95 Å². The summed E-state index contributed by atoms with van der Waals surface area (Å²) in [6.07, 6.45) is 3.83. The lowest BCUT2D eigenvalue weighted by Crippen LogP contribution is -2.49. The van der Waals surface area contributed by atoms with Gasteiger partial charge in [0.15, 0.2) is 0 Å². The van der Waals surface area contributed by atoms with Crippen molar-refractivity contribution in [2.75, 3.05) is 37.7 Å². The minimum absolute atomic E-state index is 0. The maximum absolute atomic E-state index is 13.4. The molecule has 2 heterocycles. The number of hydrogen-bond acceptors (Lipinski definition) is 4. The number of amides is 1. The first-order chi connectivity index (χ1) is 13.7. The minimum Gasteiger partial charge on any atom is -0.493 e. The van der Waals surface area contributed by atoms with Gasteiger partial charge in [0.1, 0.15) is 5.75 Å². The molecule has 0 radical (unpaired) electrons. The van der Waals surface area contributed by atoms with Crippen LogP contribution in [-0.4, -0.2) is 53.1 Å². The number of anilines is 1. The Kier molecular flexibility index (Phi) is 6.64. The number of hydrogen-bond donors (Lipinski definition) is 0. The first-order valence-electron chi connectivity index (χ1n) is 9.92. The molecule has 0 N–H and O–H groups in total. The van der Waals surface area contributed by atoms with Gasteiger partial charge in [-0.1, -0.05) is 30.3 Å². The van der Waals surface area contributed by atoms with Crippen LogP contribution in [0.2, 0.25) is 0 Å². The van der Waals surface area contributed by atoms with Crippen molar-refractivity contribution in [2.24, 2.45) is 0 Å². The number of benzene rings is 2. The second-order valence-corrected chi connectivity index (χ2v) is 6.89. The minimum atomic E-state index is 0. The molecule has 4 rings (SSSR count). The van der Waals surface area contributed by atoms with E-state index in [1.54, 1.807) is 0 Å². The average molecular weight is 415 g/mol. The number of piperazine rings is 1. The Morgan fingerprint density at radius 2 is 1.83 bits per heavy atom. The maximum atomic E-state index is 13.4. The molecule has 154 valence electrons. The molecular formula is C22H27ClN4O2. The molecule has 0 unspecified atom stereocenters. The number of carbonyl (C=O) groups excluding carboxylic acids is 1. The Morgan fingerprint density at radius 1 is 1.07 bits per heavy atom. The zero-order valence-corrected chi connectivity index (χ0v) is 17.7. The predicted molar refractivity (Wildman–Crippen MR) is 118 cm³/mol. The lowest BCUT2D eigenvalue weighted by Gasteiger charge is -2.35. The number of imidazole rings is 1. The van der Waals surface area contributed by atoms with Crippen molar-refractivity contribution in [3.8, 4) is 5.75 Å².